The van der Waals surface area contributed by atoms with Gasteiger partial charge in [0.25, 0.3) is 0 Å². The molecule has 0 saturated heterocycles. The van der Waals surface area contributed by atoms with Gasteiger partial charge in [0.2, 0.25) is 0 Å². The monoisotopic (exact) mass is 402 g/mol. The number of benzene rings is 1. The van der Waals surface area contributed by atoms with E-state index in [0.717, 1.165) is 39.7 Å². The Morgan fingerprint density at radius 1 is 1.27 bits per heavy atom. The Labute approximate surface area is 172 Å². The van der Waals surface area contributed by atoms with Crippen LogP contribution in [0, 0.1) is 5.41 Å². The molecule has 5 rings (SSSR count). The Kier molecular flexibility index (Phi) is 3.80. The Morgan fingerprint density at radius 3 is 2.73 bits per heavy atom. The van der Waals surface area contributed by atoms with Gasteiger partial charge in [-0.3, -0.25) is 9.89 Å². The summed E-state index contributed by atoms with van der Waals surface area (Å²) in [6.45, 7) is 6.41. The molecule has 4 heterocycles. The van der Waals surface area contributed by atoms with Gasteiger partial charge in [0.05, 0.1) is 17.4 Å². The molecule has 1 aliphatic rings. The molecule has 7 heteroatoms. The summed E-state index contributed by atoms with van der Waals surface area (Å²) in [5.74, 6) is -1.20. The first kappa shape index (κ1) is 18.4. The molecule has 4 aromatic rings. The number of rotatable bonds is 2. The highest BCUT2D eigenvalue weighted by Crippen LogP contribution is 2.46. The van der Waals surface area contributed by atoms with Crippen LogP contribution in [0.4, 0.5) is 0 Å². The van der Waals surface area contributed by atoms with E-state index in [-0.39, 0.29) is 17.0 Å². The summed E-state index contributed by atoms with van der Waals surface area (Å²) in [4.78, 5) is 27.6. The number of pyridine rings is 1. The van der Waals surface area contributed by atoms with Gasteiger partial charge in [0, 0.05) is 52.8 Å². The third-order valence-electron chi connectivity index (χ3n) is 6.08. The number of aromatic amines is 2. The smallest absolute Gasteiger partial charge is 0.341 e. The molecule has 1 atom stereocenters. The lowest BCUT2D eigenvalue weighted by molar-refractivity contribution is 0.0693. The van der Waals surface area contributed by atoms with Gasteiger partial charge in [-0.15, -0.1) is 0 Å². The lowest BCUT2D eigenvalue weighted by atomic mass is 9.77. The lowest BCUT2D eigenvalue weighted by Crippen LogP contribution is -2.32. The number of carbonyl (C=O) groups is 1. The van der Waals surface area contributed by atoms with Gasteiger partial charge in [0.1, 0.15) is 5.56 Å². The molecule has 1 aliphatic heterocycles. The van der Waals surface area contributed by atoms with Crippen molar-refractivity contribution in [3.8, 4) is 22.4 Å². The average molecular weight is 402 g/mol. The second-order valence-corrected chi connectivity index (χ2v) is 8.94. The van der Waals surface area contributed by atoms with Crippen LogP contribution in [0.25, 0.3) is 33.3 Å². The van der Waals surface area contributed by atoms with Crippen LogP contribution >= 0.6 is 0 Å². The lowest BCUT2D eigenvalue weighted by Gasteiger charge is -2.39. The molecule has 0 radical (unpaired) electrons. The van der Waals surface area contributed by atoms with E-state index in [2.05, 4.69) is 48.1 Å². The zero-order chi connectivity index (χ0) is 21.2. The Hall–Kier alpha value is -3.61. The fourth-order valence-electron chi connectivity index (χ4n) is 4.57. The summed E-state index contributed by atoms with van der Waals surface area (Å²) in [5.41, 5.74) is 5.01. The third-order valence-corrected chi connectivity index (χ3v) is 6.08. The number of hydrogen-bond acceptors (Lipinski definition) is 3. The number of aromatic carboxylic acids is 1. The van der Waals surface area contributed by atoms with Gasteiger partial charge in [-0.05, 0) is 29.5 Å². The number of hydrogen-bond donors (Lipinski definition) is 3. The Balaban J connectivity index is 1.88. The zero-order valence-electron chi connectivity index (χ0n) is 17.0. The molecule has 0 bridgehead atoms. The first-order chi connectivity index (χ1) is 14.3. The van der Waals surface area contributed by atoms with E-state index >= 15 is 0 Å². The molecule has 0 fully saturated rings. The highest BCUT2D eigenvalue weighted by atomic mass is 16.4. The van der Waals surface area contributed by atoms with E-state index in [1.165, 1.54) is 17.8 Å². The molecule has 3 N–H and O–H groups in total. The highest BCUT2D eigenvalue weighted by molar-refractivity contribution is 6.01. The molecular weight excluding hydrogens is 380 g/mol. The van der Waals surface area contributed by atoms with Crippen molar-refractivity contribution in [1.82, 2.24) is 19.7 Å². The van der Waals surface area contributed by atoms with Crippen LogP contribution in [0.5, 0.6) is 0 Å². The SMILES string of the molecule is CC(C)(C)[C@@H]1Cc2c(cc(-c3cn[nH]c3)c3[nH]ccc23)-c2cc(=O)c(C(=O)O)cn21. The Bertz CT molecular complexity index is 1350. The van der Waals surface area contributed by atoms with Crippen molar-refractivity contribution in [1.29, 1.82) is 0 Å². The van der Waals surface area contributed by atoms with Gasteiger partial charge < -0.3 is 14.7 Å². The van der Waals surface area contributed by atoms with Gasteiger partial charge in [-0.25, -0.2) is 4.79 Å². The van der Waals surface area contributed by atoms with E-state index in [4.69, 9.17) is 0 Å². The molecule has 7 nitrogen and oxygen atoms in total. The number of carboxylic acid groups (broad SMARTS) is 1. The summed E-state index contributed by atoms with van der Waals surface area (Å²) in [6.07, 6.45) is 7.79. The van der Waals surface area contributed by atoms with Crippen LogP contribution in [0.1, 0.15) is 42.7 Å². The number of nitrogens with zero attached hydrogens (tertiary/aromatic N) is 2. The molecule has 152 valence electrons. The predicted octanol–water partition coefficient (Wildman–Crippen LogP) is 4.23. The van der Waals surface area contributed by atoms with Crippen molar-refractivity contribution in [2.45, 2.75) is 33.2 Å². The fourth-order valence-corrected chi connectivity index (χ4v) is 4.57. The summed E-state index contributed by atoms with van der Waals surface area (Å²) in [6, 6.07) is 5.62. The van der Waals surface area contributed by atoms with Crippen LogP contribution in [0.2, 0.25) is 0 Å². The molecule has 0 saturated carbocycles. The fraction of sp³-hybridized carbons (Fsp3) is 0.261. The molecule has 0 amide bonds. The van der Waals surface area contributed by atoms with Gasteiger partial charge in [0.15, 0.2) is 5.43 Å². The van der Waals surface area contributed by atoms with Gasteiger partial charge >= 0.3 is 5.97 Å². The number of carboxylic acids is 1. The summed E-state index contributed by atoms with van der Waals surface area (Å²) < 4.78 is 1.98. The summed E-state index contributed by atoms with van der Waals surface area (Å²) in [7, 11) is 0. The van der Waals surface area contributed by atoms with Gasteiger partial charge in [-0.2, -0.15) is 5.10 Å². The van der Waals surface area contributed by atoms with E-state index in [9.17, 15) is 14.7 Å². The summed E-state index contributed by atoms with van der Waals surface area (Å²) in [5, 5.41) is 17.5. The molecular formula is C23H22N4O3. The van der Waals surface area contributed by atoms with Crippen LogP contribution in [-0.4, -0.2) is 30.8 Å². The number of aromatic nitrogens is 4. The van der Waals surface area contributed by atoms with Gasteiger partial charge in [-0.1, -0.05) is 20.8 Å². The maximum Gasteiger partial charge on any atom is 0.341 e. The second-order valence-electron chi connectivity index (χ2n) is 8.94. The van der Waals surface area contributed by atoms with E-state index < -0.39 is 11.4 Å². The summed E-state index contributed by atoms with van der Waals surface area (Å²) >= 11 is 0. The minimum Gasteiger partial charge on any atom is -0.477 e. The molecule has 30 heavy (non-hydrogen) atoms. The number of nitrogens with one attached hydrogen (secondary N) is 2. The largest absolute Gasteiger partial charge is 0.477 e. The van der Waals surface area contributed by atoms with Crippen molar-refractivity contribution < 1.29 is 9.90 Å². The van der Waals surface area contributed by atoms with Crippen LogP contribution in [0.3, 0.4) is 0 Å². The Morgan fingerprint density at radius 2 is 2.07 bits per heavy atom. The third kappa shape index (κ3) is 2.62. The van der Waals surface area contributed by atoms with Crippen LogP contribution < -0.4 is 5.43 Å². The van der Waals surface area contributed by atoms with Crippen molar-refractivity contribution in [3.63, 3.8) is 0 Å². The maximum absolute atomic E-state index is 12.6. The molecule has 1 aromatic carbocycles. The van der Waals surface area contributed by atoms with Crippen molar-refractivity contribution >= 4 is 16.9 Å². The first-order valence-corrected chi connectivity index (χ1v) is 9.87. The van der Waals surface area contributed by atoms with Crippen LogP contribution in [-0.2, 0) is 6.42 Å². The van der Waals surface area contributed by atoms with E-state index in [1.807, 2.05) is 17.0 Å². The zero-order valence-corrected chi connectivity index (χ0v) is 17.0. The standard InChI is InChI=1S/C23H22N4O3/c1-23(2,3)20-7-15-13-4-5-24-21(13)14(12-9-25-26-10-12)6-16(15)18-8-19(28)17(22(29)30)11-27(18)20/h4-6,8-11,20,24H,7H2,1-3H3,(H,25,26)(H,29,30)/t20-/m0/s1. The molecule has 0 unspecified atom stereocenters. The topological polar surface area (TPSA) is 104 Å². The highest BCUT2D eigenvalue weighted by Gasteiger charge is 2.34. The number of fused-ring (bicyclic) bond motifs is 5. The average Bonchev–Trinajstić information content (AvgIpc) is 3.37. The minimum atomic E-state index is -1.20. The van der Waals surface area contributed by atoms with Crippen LogP contribution in [0.15, 0.2) is 47.8 Å². The maximum atomic E-state index is 12.6. The molecule has 3 aromatic heterocycles. The number of H-pyrrole nitrogens is 2. The minimum absolute atomic E-state index is 0.0107. The first-order valence-electron chi connectivity index (χ1n) is 9.87. The quantitative estimate of drug-likeness (QED) is 0.467. The van der Waals surface area contributed by atoms with E-state index in [0.29, 0.717) is 0 Å². The van der Waals surface area contributed by atoms with Crippen molar-refractivity contribution in [2.24, 2.45) is 5.41 Å². The van der Waals surface area contributed by atoms with E-state index in [1.54, 1.807) is 6.20 Å². The predicted molar refractivity (Wildman–Crippen MR) is 115 cm³/mol. The normalized spacial score (nSPS) is 15.8. The van der Waals surface area contributed by atoms with Crippen molar-refractivity contribution in [3.05, 3.63) is 64.3 Å². The second kappa shape index (κ2) is 6.19. The molecule has 0 aliphatic carbocycles. The molecule has 0 spiro atoms. The van der Waals surface area contributed by atoms with Crippen molar-refractivity contribution in [2.75, 3.05) is 0 Å².